The lowest BCUT2D eigenvalue weighted by molar-refractivity contribution is 0.664. The maximum Gasteiger partial charge on any atom is 0.164 e. The molecule has 0 amide bonds. The van der Waals surface area contributed by atoms with Crippen molar-refractivity contribution in [3.8, 4) is 102 Å². The quantitative estimate of drug-likeness (QED) is 0.122. The van der Waals surface area contributed by atoms with Gasteiger partial charge in [-0.1, -0.05) is 303 Å². The van der Waals surface area contributed by atoms with Gasteiger partial charge in [-0.15, -0.1) is 0 Å². The van der Waals surface area contributed by atoms with Crippen LogP contribution in [0.5, 0.6) is 0 Å². The molecule has 12 nitrogen and oxygen atoms in total. The van der Waals surface area contributed by atoms with Gasteiger partial charge in [0.15, 0.2) is 34.9 Å². The van der Waals surface area contributed by atoms with Gasteiger partial charge < -0.3 is 26.8 Å². The number of nitrogens with zero attached hydrogens (tertiary/aromatic N) is 8. The molecule has 0 saturated carbocycles. The van der Waals surface area contributed by atoms with Gasteiger partial charge in [-0.05, 0) is 220 Å². The second-order valence-corrected chi connectivity index (χ2v) is 35.8. The van der Waals surface area contributed by atoms with Crippen LogP contribution in [0.25, 0.3) is 298 Å². The van der Waals surface area contributed by atoms with Gasteiger partial charge in [0.05, 0.1) is 22.1 Å². The van der Waals surface area contributed by atoms with E-state index in [1.807, 2.05) is 158 Å². The number of para-hydroxylation sites is 4. The summed E-state index contributed by atoms with van der Waals surface area (Å²) in [5.74, 6) is 3.83. The minimum atomic E-state index is 0.629. The lowest BCUT2D eigenvalue weighted by Crippen LogP contribution is -2.00. The van der Waals surface area contributed by atoms with Crippen molar-refractivity contribution >= 4 is 196 Å². The maximum atomic E-state index is 6.45. The van der Waals surface area contributed by atoms with E-state index in [9.17, 15) is 0 Å². The van der Waals surface area contributed by atoms with Gasteiger partial charge in [0.2, 0.25) is 0 Å². The molecule has 0 aliphatic heterocycles. The second-order valence-electron chi connectivity index (χ2n) is 35.8. The van der Waals surface area contributed by atoms with Crippen LogP contribution in [-0.2, 0) is 0 Å². The molecule has 0 atom stereocenters. The molecular formula is C126H72N8O4. The lowest BCUT2D eigenvalue weighted by Gasteiger charge is -2.15. The summed E-state index contributed by atoms with van der Waals surface area (Å²) in [4.78, 5) is 30.3. The summed E-state index contributed by atoms with van der Waals surface area (Å²) in [5.41, 5.74) is 23.9. The van der Waals surface area contributed by atoms with Crippen molar-refractivity contribution < 1.29 is 17.7 Å². The van der Waals surface area contributed by atoms with Crippen molar-refractivity contribution in [3.63, 3.8) is 0 Å². The highest BCUT2D eigenvalue weighted by Gasteiger charge is 2.25. The largest absolute Gasteiger partial charge is 0.456 e. The number of fused-ring (bicyclic) bond motifs is 30. The highest BCUT2D eigenvalue weighted by Crippen LogP contribution is 2.48. The first-order chi connectivity index (χ1) is 68.3. The maximum absolute atomic E-state index is 6.45. The van der Waals surface area contributed by atoms with Gasteiger partial charge in [-0.2, -0.15) is 0 Å². The van der Waals surface area contributed by atoms with E-state index in [2.05, 4.69) is 288 Å². The standard InChI is InChI=1S/2C63H36N4O2/c1-3-13-37(14-4-1)61-64-62(38-15-5-2-6-16-38)66-63(65-61)41-23-27-45-46-28-26-42(34-50(46)44-18-8-7-17-43(44)49(45)33-41)67-55-21-11-9-19-47(55)51-31-39(24-29-56(51)67)40-25-30-58-52(32-40)54-36-59-53(35-60(54)69-58)48-20-10-12-22-57(48)68-59;1-3-13-37(14-4-1)61-64-62(38-15-5-2-6-16-38)66-63(65-61)41-23-27-45-43-17-7-8-18-44(43)46-28-26-42(34-50(46)49(45)33-41)67-55-21-11-9-19-47(55)51-31-39(24-29-56(51)67)40-25-30-58-52(32-40)54-36-59-53(35-60(54)69-58)48-20-10-12-22-57(48)68-59/h2*1-36H. The smallest absolute Gasteiger partial charge is 0.164 e. The van der Waals surface area contributed by atoms with E-state index in [4.69, 9.17) is 47.6 Å². The van der Waals surface area contributed by atoms with E-state index in [1.54, 1.807) is 0 Å². The van der Waals surface area contributed by atoms with Crippen molar-refractivity contribution in [2.75, 3.05) is 0 Å². The molecule has 22 aromatic carbocycles. The highest BCUT2D eigenvalue weighted by atomic mass is 16.3. The third-order valence-corrected chi connectivity index (χ3v) is 28.0. The molecule has 0 saturated heterocycles. The summed E-state index contributed by atoms with van der Waals surface area (Å²) in [6.45, 7) is 0. The number of rotatable bonds is 10. The molecule has 0 fully saturated rings. The van der Waals surface area contributed by atoms with E-state index in [1.165, 1.54) is 70.0 Å². The molecular weight excluding hydrogens is 1690 g/mol. The van der Waals surface area contributed by atoms with Gasteiger partial charge in [0, 0.05) is 109 Å². The Morgan fingerprint density at radius 2 is 0.348 bits per heavy atom. The van der Waals surface area contributed by atoms with Crippen molar-refractivity contribution in [1.82, 2.24) is 39.0 Å². The first-order valence-electron chi connectivity index (χ1n) is 46.5. The molecule has 0 aliphatic carbocycles. The SMILES string of the molecule is c1ccc(-c2nc(-c3ccccc3)nc(-c3ccc4c5ccc(-n6c7ccccc7c7cc(-c8ccc9oc%10cc%11c(cc%10c9c8)oc8ccccc8%11)ccc76)cc5c5ccccc5c4c3)n2)cc1.c1ccc(-c2nc(-c3ccccc3)nc(-c3ccc4c5ccccc5c5ccc(-n6c7ccccc7c7cc(-c8ccc9oc%10cc%11c(cc%10c9c8)oc8ccccc8%11)ccc76)cc5c4c3)n2)cc1. The number of hydrogen-bond donors (Lipinski definition) is 0. The van der Waals surface area contributed by atoms with Crippen LogP contribution in [0.1, 0.15) is 0 Å². The van der Waals surface area contributed by atoms with Gasteiger partial charge in [0.1, 0.15) is 44.7 Å². The Kier molecular flexibility index (Phi) is 16.9. The lowest BCUT2D eigenvalue weighted by atomic mass is 9.93. The minimum absolute atomic E-state index is 0.629. The number of aromatic nitrogens is 8. The zero-order valence-corrected chi connectivity index (χ0v) is 73.8. The summed E-state index contributed by atoms with van der Waals surface area (Å²) in [6, 6.07) is 154. The van der Waals surface area contributed by atoms with Gasteiger partial charge in [0.25, 0.3) is 0 Å². The van der Waals surface area contributed by atoms with E-state index in [0.29, 0.717) is 34.9 Å². The summed E-state index contributed by atoms with van der Waals surface area (Å²) in [6.07, 6.45) is 0. The monoisotopic (exact) mass is 1760 g/mol. The normalized spacial score (nSPS) is 12.1. The molecule has 8 heterocycles. The van der Waals surface area contributed by atoms with E-state index in [0.717, 1.165) is 193 Å². The molecule has 0 radical (unpaired) electrons. The number of hydrogen-bond acceptors (Lipinski definition) is 10. The van der Waals surface area contributed by atoms with E-state index < -0.39 is 0 Å². The van der Waals surface area contributed by atoms with Gasteiger partial charge in [-0.25, -0.2) is 29.9 Å². The van der Waals surface area contributed by atoms with Crippen LogP contribution in [0, 0.1) is 0 Å². The zero-order valence-electron chi connectivity index (χ0n) is 73.8. The van der Waals surface area contributed by atoms with Crippen molar-refractivity contribution in [1.29, 1.82) is 0 Å². The third kappa shape index (κ3) is 12.3. The molecule has 138 heavy (non-hydrogen) atoms. The van der Waals surface area contributed by atoms with Gasteiger partial charge in [-0.3, -0.25) is 0 Å². The van der Waals surface area contributed by atoms with Crippen LogP contribution in [0.2, 0.25) is 0 Å². The summed E-state index contributed by atoms with van der Waals surface area (Å²) >= 11 is 0. The Labute approximate surface area is 786 Å². The summed E-state index contributed by atoms with van der Waals surface area (Å²) < 4.78 is 30.3. The Balaban J connectivity index is 0.000000133. The fourth-order valence-corrected chi connectivity index (χ4v) is 21.5. The number of furan rings is 4. The van der Waals surface area contributed by atoms with Crippen LogP contribution >= 0.6 is 0 Å². The minimum Gasteiger partial charge on any atom is -0.456 e. The van der Waals surface area contributed by atoms with Crippen LogP contribution in [0.4, 0.5) is 0 Å². The molecule has 0 unspecified atom stereocenters. The molecule has 640 valence electrons. The van der Waals surface area contributed by atoms with Gasteiger partial charge >= 0.3 is 0 Å². The topological polar surface area (TPSA) is 140 Å². The average molecular weight is 1760 g/mol. The average Bonchev–Trinajstić information content (AvgIpc) is 1.66. The zero-order chi connectivity index (χ0) is 90.3. The second kappa shape index (κ2) is 30.4. The molecule has 12 heteroatoms. The van der Waals surface area contributed by atoms with Crippen LogP contribution < -0.4 is 0 Å². The number of benzene rings is 22. The Bertz CT molecular complexity index is 10200. The summed E-state index contributed by atoms with van der Waals surface area (Å²) in [5, 5.41) is 27.5. The third-order valence-electron chi connectivity index (χ3n) is 28.0. The molecule has 8 aromatic heterocycles. The molecule has 0 N–H and O–H groups in total. The van der Waals surface area contributed by atoms with E-state index >= 15 is 0 Å². The fraction of sp³-hybridized carbons (Fsp3) is 0. The van der Waals surface area contributed by atoms with Crippen LogP contribution in [0.3, 0.4) is 0 Å². The molecule has 0 aliphatic rings. The summed E-state index contributed by atoms with van der Waals surface area (Å²) in [7, 11) is 0. The van der Waals surface area contributed by atoms with Crippen molar-refractivity contribution in [2.45, 2.75) is 0 Å². The predicted octanol–water partition coefficient (Wildman–Crippen LogP) is 33.8. The van der Waals surface area contributed by atoms with Crippen LogP contribution in [-0.4, -0.2) is 39.0 Å². The molecule has 0 bridgehead atoms. The molecule has 0 spiro atoms. The van der Waals surface area contributed by atoms with E-state index in [-0.39, 0.29) is 0 Å². The van der Waals surface area contributed by atoms with Crippen molar-refractivity contribution in [3.05, 3.63) is 437 Å². The Morgan fingerprint density at radius 3 is 0.717 bits per heavy atom. The molecule has 30 rings (SSSR count). The fourth-order valence-electron chi connectivity index (χ4n) is 21.5. The molecule has 30 aromatic rings. The van der Waals surface area contributed by atoms with Crippen LogP contribution in [0.15, 0.2) is 454 Å². The Morgan fingerprint density at radius 1 is 0.123 bits per heavy atom. The highest BCUT2D eigenvalue weighted by molar-refractivity contribution is 6.29. The Hall–Kier alpha value is -18.8. The first kappa shape index (κ1) is 76.9. The first-order valence-corrected chi connectivity index (χ1v) is 46.5. The van der Waals surface area contributed by atoms with Crippen molar-refractivity contribution in [2.24, 2.45) is 0 Å². The predicted molar refractivity (Wildman–Crippen MR) is 566 cm³/mol.